The summed E-state index contributed by atoms with van der Waals surface area (Å²) in [6.07, 6.45) is -3.43. The van der Waals surface area contributed by atoms with Gasteiger partial charge in [-0.25, -0.2) is 9.59 Å². The lowest BCUT2D eigenvalue weighted by Gasteiger charge is -2.53. The third kappa shape index (κ3) is 7.56. The third-order valence-electron chi connectivity index (χ3n) is 12.4. The van der Waals surface area contributed by atoms with E-state index >= 15 is 0 Å². The second kappa shape index (κ2) is 16.1. The van der Waals surface area contributed by atoms with Gasteiger partial charge >= 0.3 is 41.8 Å². The highest BCUT2D eigenvalue weighted by atomic mass is 16.6. The molecule has 2 bridgehead atoms. The summed E-state index contributed by atoms with van der Waals surface area (Å²) < 4.78 is 51.2. The Kier molecular flexibility index (Phi) is 11.8. The lowest BCUT2D eigenvalue weighted by molar-refractivity contribution is -0.239. The van der Waals surface area contributed by atoms with Gasteiger partial charge in [0.1, 0.15) is 23.4 Å². The monoisotopic (exact) mass is 832 g/mol. The van der Waals surface area contributed by atoms with E-state index in [0.717, 1.165) is 13.8 Å². The highest BCUT2D eigenvalue weighted by Gasteiger charge is 2.85. The Morgan fingerprint density at radius 3 is 1.82 bits per heavy atom. The standard InChI is InChI=1S/C45H52O15/c1-10-33(50)56-36-34-37(55-26(3)47)44-24-53-43(9,35(44)31(41(6,7)58-27(4)48)21-22-32(44)54-25(2)46)40(57-38(51)29-17-13-11-14-18-29)45(34,59-28(5)49)23-42(36,8)60-39(52)30-19-15-12-16-20-30/h11-22,31-32,34-37,40H,10,23-24H2,1-9H3/t31?,32-,34-,35+,36-,37-,40-,42-,43-,44-,45-/m1/s1. The summed E-state index contributed by atoms with van der Waals surface area (Å²) in [6, 6.07) is 16.1. The first-order valence-corrected chi connectivity index (χ1v) is 19.9. The van der Waals surface area contributed by atoms with E-state index in [1.165, 1.54) is 45.0 Å². The minimum absolute atomic E-state index is 0.115. The molecule has 2 saturated carbocycles. The van der Waals surface area contributed by atoms with Crippen LogP contribution in [0.15, 0.2) is 72.8 Å². The second-order valence-electron chi connectivity index (χ2n) is 17.0. The SMILES string of the molecule is CCC(=O)O[C@@H]1[C@@H]2[C@@H](OC(C)=O)[C@@]34CO[C@@](C)([C@@H](OC(=O)c5ccccc5)[C@@]2(OC(C)=O)C[C@@]1(C)OC(=O)c1ccccc1)[C@@H]3C(C(C)(C)OC(C)=O)C=C[C@H]4OC(C)=O. The molecule has 6 rings (SSSR count). The fraction of sp³-hybridized carbons (Fsp3) is 0.533. The Morgan fingerprint density at radius 1 is 0.700 bits per heavy atom. The van der Waals surface area contributed by atoms with Crippen LogP contribution in [0.5, 0.6) is 0 Å². The number of fused-ring (bicyclic) bond motifs is 1. The van der Waals surface area contributed by atoms with Crippen LogP contribution in [-0.4, -0.2) is 95.2 Å². The molecule has 0 N–H and O–H groups in total. The molecule has 0 amide bonds. The van der Waals surface area contributed by atoms with Crippen LogP contribution in [0.4, 0.5) is 0 Å². The highest BCUT2D eigenvalue weighted by Crippen LogP contribution is 2.70. The zero-order valence-electron chi connectivity index (χ0n) is 35.2. The molecular weight excluding hydrogens is 780 g/mol. The molecule has 4 aliphatic rings. The normalized spacial score (nSPS) is 33.8. The van der Waals surface area contributed by atoms with E-state index in [0.29, 0.717) is 0 Å². The van der Waals surface area contributed by atoms with E-state index in [2.05, 4.69) is 0 Å². The van der Waals surface area contributed by atoms with Crippen LogP contribution in [0.3, 0.4) is 0 Å². The molecule has 2 aromatic rings. The van der Waals surface area contributed by atoms with Gasteiger partial charge in [-0.3, -0.25) is 24.0 Å². The molecule has 11 atom stereocenters. The van der Waals surface area contributed by atoms with Gasteiger partial charge in [-0.1, -0.05) is 49.4 Å². The zero-order chi connectivity index (χ0) is 44.0. The first-order valence-electron chi connectivity index (χ1n) is 19.9. The molecular formula is C45H52O15. The zero-order valence-corrected chi connectivity index (χ0v) is 35.2. The molecule has 1 heterocycles. The Morgan fingerprint density at radius 2 is 1.28 bits per heavy atom. The molecule has 2 aromatic carbocycles. The molecule has 15 heteroatoms. The molecule has 322 valence electrons. The summed E-state index contributed by atoms with van der Waals surface area (Å²) in [5.74, 6) is -8.90. The van der Waals surface area contributed by atoms with Crippen molar-refractivity contribution in [3.8, 4) is 0 Å². The predicted octanol–water partition coefficient (Wildman–Crippen LogP) is 5.27. The molecule has 60 heavy (non-hydrogen) atoms. The molecule has 0 radical (unpaired) electrons. The van der Waals surface area contributed by atoms with Crippen molar-refractivity contribution >= 4 is 41.8 Å². The largest absolute Gasteiger partial charge is 0.461 e. The number of rotatable bonds is 11. The van der Waals surface area contributed by atoms with Gasteiger partial charge in [-0.05, 0) is 58.0 Å². The van der Waals surface area contributed by atoms with Crippen molar-refractivity contribution in [1.82, 2.24) is 0 Å². The summed E-state index contributed by atoms with van der Waals surface area (Å²) in [5.41, 5.74) is -8.67. The first-order chi connectivity index (χ1) is 28.1. The van der Waals surface area contributed by atoms with E-state index in [1.54, 1.807) is 76.2 Å². The van der Waals surface area contributed by atoms with E-state index in [4.69, 9.17) is 37.9 Å². The number of benzene rings is 2. The van der Waals surface area contributed by atoms with Crippen molar-refractivity contribution in [3.05, 3.63) is 83.9 Å². The van der Waals surface area contributed by atoms with Gasteiger partial charge in [0, 0.05) is 52.4 Å². The fourth-order valence-electron chi connectivity index (χ4n) is 10.5. The topological polar surface area (TPSA) is 193 Å². The second-order valence-corrected chi connectivity index (χ2v) is 17.0. The van der Waals surface area contributed by atoms with Crippen molar-refractivity contribution in [2.24, 2.45) is 23.2 Å². The summed E-state index contributed by atoms with van der Waals surface area (Å²) in [6.45, 7) is 12.5. The molecule has 3 aliphatic carbocycles. The third-order valence-corrected chi connectivity index (χ3v) is 12.4. The Hall–Kier alpha value is -5.57. The van der Waals surface area contributed by atoms with Gasteiger partial charge in [0.2, 0.25) is 0 Å². The van der Waals surface area contributed by atoms with Crippen molar-refractivity contribution in [1.29, 1.82) is 0 Å². The predicted molar refractivity (Wildman–Crippen MR) is 209 cm³/mol. The fourth-order valence-corrected chi connectivity index (χ4v) is 10.5. The van der Waals surface area contributed by atoms with E-state index < -0.39 is 118 Å². The van der Waals surface area contributed by atoms with Gasteiger partial charge in [-0.2, -0.15) is 0 Å². The molecule has 1 aliphatic heterocycles. The lowest BCUT2D eigenvalue weighted by atomic mass is 9.53. The van der Waals surface area contributed by atoms with Crippen LogP contribution in [-0.2, 0) is 61.9 Å². The molecule has 3 fully saturated rings. The van der Waals surface area contributed by atoms with E-state index in [9.17, 15) is 33.6 Å². The summed E-state index contributed by atoms with van der Waals surface area (Å²) >= 11 is 0. The van der Waals surface area contributed by atoms with E-state index in [-0.39, 0.29) is 24.2 Å². The minimum Gasteiger partial charge on any atom is -0.461 e. The summed E-state index contributed by atoms with van der Waals surface area (Å²) in [5, 5.41) is 0. The van der Waals surface area contributed by atoms with Crippen LogP contribution in [0.25, 0.3) is 0 Å². The van der Waals surface area contributed by atoms with Crippen LogP contribution < -0.4 is 0 Å². The molecule has 1 unspecified atom stereocenters. The van der Waals surface area contributed by atoms with Crippen LogP contribution >= 0.6 is 0 Å². The molecule has 0 aromatic heterocycles. The number of carbonyl (C=O) groups is 7. The van der Waals surface area contributed by atoms with Crippen molar-refractivity contribution < 1.29 is 71.5 Å². The smallest absolute Gasteiger partial charge is 0.338 e. The summed E-state index contributed by atoms with van der Waals surface area (Å²) in [4.78, 5) is 95.4. The summed E-state index contributed by atoms with van der Waals surface area (Å²) in [7, 11) is 0. The average molecular weight is 833 g/mol. The number of ether oxygens (including phenoxy) is 8. The molecule has 0 spiro atoms. The van der Waals surface area contributed by atoms with Gasteiger partial charge in [0.05, 0.1) is 29.1 Å². The quantitative estimate of drug-likeness (QED) is 0.161. The number of esters is 7. The average Bonchev–Trinajstić information content (AvgIpc) is 3.59. The Balaban J connectivity index is 1.74. The maximum absolute atomic E-state index is 14.5. The van der Waals surface area contributed by atoms with Crippen molar-refractivity contribution in [3.63, 3.8) is 0 Å². The first kappa shape index (κ1) is 44.0. The maximum Gasteiger partial charge on any atom is 0.338 e. The van der Waals surface area contributed by atoms with Gasteiger partial charge in [-0.15, -0.1) is 0 Å². The highest BCUT2D eigenvalue weighted by molar-refractivity contribution is 5.90. The van der Waals surface area contributed by atoms with Crippen molar-refractivity contribution in [2.45, 2.75) is 122 Å². The van der Waals surface area contributed by atoms with E-state index in [1.807, 2.05) is 0 Å². The maximum atomic E-state index is 14.5. The van der Waals surface area contributed by atoms with Crippen molar-refractivity contribution in [2.75, 3.05) is 6.61 Å². The van der Waals surface area contributed by atoms with Gasteiger partial charge < -0.3 is 37.9 Å². The number of hydrogen-bond acceptors (Lipinski definition) is 15. The number of hydrogen-bond donors (Lipinski definition) is 0. The lowest BCUT2D eigenvalue weighted by Crippen LogP contribution is -2.64. The van der Waals surface area contributed by atoms with Gasteiger partial charge in [0.25, 0.3) is 0 Å². The molecule has 15 nitrogen and oxygen atoms in total. The molecule has 1 saturated heterocycles. The Labute approximate surface area is 348 Å². The van der Waals surface area contributed by atoms with Crippen LogP contribution in [0.1, 0.15) is 95.9 Å². The minimum atomic E-state index is -2.20. The van der Waals surface area contributed by atoms with Crippen LogP contribution in [0.2, 0.25) is 0 Å². The Bertz CT molecular complexity index is 2060. The van der Waals surface area contributed by atoms with Crippen LogP contribution in [0, 0.1) is 23.2 Å². The van der Waals surface area contributed by atoms with Gasteiger partial charge in [0.15, 0.2) is 23.4 Å². The number of carbonyl (C=O) groups excluding carboxylic acids is 7.